The lowest BCUT2D eigenvalue weighted by atomic mass is 10.2. The van der Waals surface area contributed by atoms with E-state index in [-0.39, 0.29) is 11.3 Å². The van der Waals surface area contributed by atoms with Crippen molar-refractivity contribution in [2.24, 2.45) is 5.10 Å². The van der Waals surface area contributed by atoms with Crippen LogP contribution in [0.3, 0.4) is 0 Å². The van der Waals surface area contributed by atoms with Gasteiger partial charge in [0.2, 0.25) is 0 Å². The van der Waals surface area contributed by atoms with Crippen LogP contribution in [0.2, 0.25) is 0 Å². The number of hydrazone groups is 1. The Bertz CT molecular complexity index is 770. The van der Waals surface area contributed by atoms with Crippen molar-refractivity contribution >= 4 is 17.8 Å². The molecule has 7 heteroatoms. The fraction of sp³-hybridized carbons (Fsp3) is 0.0588. The van der Waals surface area contributed by atoms with Gasteiger partial charge in [-0.1, -0.05) is 24.8 Å². The summed E-state index contributed by atoms with van der Waals surface area (Å²) in [4.78, 5) is 22.0. The molecular weight excluding hydrogens is 310 g/mol. The van der Waals surface area contributed by atoms with E-state index in [1.165, 1.54) is 30.5 Å². The number of rotatable bonds is 7. The van der Waals surface area contributed by atoms with Gasteiger partial charge in [-0.2, -0.15) is 5.10 Å². The van der Waals surface area contributed by atoms with Gasteiger partial charge in [0.05, 0.1) is 11.1 Å². The molecule has 0 fully saturated rings. The summed E-state index contributed by atoms with van der Waals surface area (Å²) in [5.41, 5.74) is 3.25. The number of ether oxygens (including phenoxy) is 1. The minimum absolute atomic E-state index is 0.0802. The molecule has 0 aliphatic carbocycles. The van der Waals surface area contributed by atoms with Gasteiger partial charge in [0, 0.05) is 23.3 Å². The van der Waals surface area contributed by atoms with Crippen LogP contribution in [0.15, 0.2) is 66.3 Å². The highest BCUT2D eigenvalue weighted by atomic mass is 16.6. The third kappa shape index (κ3) is 4.51. The van der Waals surface area contributed by atoms with E-state index in [2.05, 4.69) is 17.1 Å². The van der Waals surface area contributed by atoms with Crippen molar-refractivity contribution in [1.29, 1.82) is 0 Å². The van der Waals surface area contributed by atoms with Gasteiger partial charge in [0.15, 0.2) is 0 Å². The average Bonchev–Trinajstić information content (AvgIpc) is 2.60. The number of hydrogen-bond acceptors (Lipinski definition) is 5. The van der Waals surface area contributed by atoms with Gasteiger partial charge in [-0.3, -0.25) is 14.9 Å². The summed E-state index contributed by atoms with van der Waals surface area (Å²) in [5.74, 6) is 0.149. The number of non-ortho nitro benzene ring substituents is 1. The third-order valence-corrected chi connectivity index (χ3v) is 2.99. The second-order valence-electron chi connectivity index (χ2n) is 4.64. The van der Waals surface area contributed by atoms with Crippen molar-refractivity contribution in [2.75, 3.05) is 6.61 Å². The van der Waals surface area contributed by atoms with Crippen molar-refractivity contribution in [2.45, 2.75) is 0 Å². The van der Waals surface area contributed by atoms with E-state index in [0.717, 1.165) is 0 Å². The zero-order valence-corrected chi connectivity index (χ0v) is 12.7. The highest BCUT2D eigenvalue weighted by Gasteiger charge is 2.08. The Balaban J connectivity index is 2.02. The quantitative estimate of drug-likeness (QED) is 0.366. The topological polar surface area (TPSA) is 93.8 Å². The first-order valence-electron chi connectivity index (χ1n) is 7.02. The molecule has 0 atom stereocenters. The lowest BCUT2D eigenvalue weighted by Gasteiger charge is -2.06. The number of para-hydroxylation sites is 1. The number of benzene rings is 2. The predicted octanol–water partition coefficient (Wildman–Crippen LogP) is 2.92. The van der Waals surface area contributed by atoms with Crippen LogP contribution in [0.4, 0.5) is 5.69 Å². The van der Waals surface area contributed by atoms with Crippen molar-refractivity contribution in [3.63, 3.8) is 0 Å². The van der Waals surface area contributed by atoms with Crippen molar-refractivity contribution < 1.29 is 14.5 Å². The summed E-state index contributed by atoms with van der Waals surface area (Å²) >= 11 is 0. The molecule has 0 saturated carbocycles. The molecule has 0 aromatic heterocycles. The molecule has 2 aromatic rings. The normalized spacial score (nSPS) is 10.3. The Morgan fingerprint density at radius 3 is 2.62 bits per heavy atom. The Morgan fingerprint density at radius 2 is 1.96 bits per heavy atom. The summed E-state index contributed by atoms with van der Waals surface area (Å²) < 4.78 is 5.48. The minimum atomic E-state index is -0.528. The van der Waals surface area contributed by atoms with Crippen LogP contribution >= 0.6 is 0 Å². The van der Waals surface area contributed by atoms with Crippen LogP contribution < -0.4 is 10.2 Å². The molecule has 0 bridgehead atoms. The van der Waals surface area contributed by atoms with Crippen LogP contribution in [-0.4, -0.2) is 23.7 Å². The van der Waals surface area contributed by atoms with Crippen LogP contribution in [0.25, 0.3) is 0 Å². The molecule has 2 rings (SSSR count). The van der Waals surface area contributed by atoms with Gasteiger partial charge < -0.3 is 4.74 Å². The molecule has 0 unspecified atom stereocenters. The van der Waals surface area contributed by atoms with Gasteiger partial charge in [-0.25, -0.2) is 5.43 Å². The second-order valence-corrected chi connectivity index (χ2v) is 4.64. The van der Waals surface area contributed by atoms with E-state index < -0.39 is 10.8 Å². The van der Waals surface area contributed by atoms with Crippen molar-refractivity contribution in [3.8, 4) is 5.75 Å². The maximum atomic E-state index is 11.9. The monoisotopic (exact) mass is 325 g/mol. The number of amides is 1. The lowest BCUT2D eigenvalue weighted by molar-refractivity contribution is -0.384. The SMILES string of the molecule is C=CCOc1ccccc1C=NNC(=O)c1ccc([N+](=O)[O-])cc1. The fourth-order valence-corrected chi connectivity index (χ4v) is 1.83. The smallest absolute Gasteiger partial charge is 0.271 e. The third-order valence-electron chi connectivity index (χ3n) is 2.99. The molecule has 0 aliphatic heterocycles. The molecule has 122 valence electrons. The molecule has 1 amide bonds. The Morgan fingerprint density at radius 1 is 1.25 bits per heavy atom. The maximum absolute atomic E-state index is 11.9. The maximum Gasteiger partial charge on any atom is 0.271 e. The zero-order chi connectivity index (χ0) is 17.4. The molecular formula is C17H15N3O4. The van der Waals surface area contributed by atoms with Crippen LogP contribution in [-0.2, 0) is 0 Å². The Kier molecular flexibility index (Phi) is 5.79. The molecule has 0 spiro atoms. The number of hydrogen-bond donors (Lipinski definition) is 1. The molecule has 0 radical (unpaired) electrons. The first-order chi connectivity index (χ1) is 11.6. The lowest BCUT2D eigenvalue weighted by Crippen LogP contribution is -2.17. The van der Waals surface area contributed by atoms with E-state index in [9.17, 15) is 14.9 Å². The van der Waals surface area contributed by atoms with Gasteiger partial charge in [-0.05, 0) is 24.3 Å². The summed E-state index contributed by atoms with van der Waals surface area (Å²) in [7, 11) is 0. The zero-order valence-electron chi connectivity index (χ0n) is 12.7. The first kappa shape index (κ1) is 16.9. The highest BCUT2D eigenvalue weighted by molar-refractivity contribution is 5.95. The van der Waals surface area contributed by atoms with E-state index in [4.69, 9.17) is 4.74 Å². The number of carbonyl (C=O) groups excluding carboxylic acids is 1. The number of nitrogens with zero attached hydrogens (tertiary/aromatic N) is 2. The largest absolute Gasteiger partial charge is 0.489 e. The average molecular weight is 325 g/mol. The van der Waals surface area contributed by atoms with E-state index in [1.807, 2.05) is 12.1 Å². The number of carbonyl (C=O) groups is 1. The fourth-order valence-electron chi connectivity index (χ4n) is 1.83. The Hall–Kier alpha value is -3.48. The second kappa shape index (κ2) is 8.23. The summed E-state index contributed by atoms with van der Waals surface area (Å²) in [6.07, 6.45) is 3.09. The molecule has 1 N–H and O–H groups in total. The van der Waals surface area contributed by atoms with E-state index in [0.29, 0.717) is 17.9 Å². The van der Waals surface area contributed by atoms with Crippen molar-refractivity contribution in [3.05, 3.63) is 82.4 Å². The number of nitrogens with one attached hydrogen (secondary N) is 1. The summed E-state index contributed by atoms with van der Waals surface area (Å²) in [6.45, 7) is 3.94. The molecule has 24 heavy (non-hydrogen) atoms. The van der Waals surface area contributed by atoms with Crippen LogP contribution in [0.1, 0.15) is 15.9 Å². The van der Waals surface area contributed by atoms with Crippen molar-refractivity contribution in [1.82, 2.24) is 5.43 Å². The van der Waals surface area contributed by atoms with Crippen LogP contribution in [0, 0.1) is 10.1 Å². The molecule has 0 aliphatic rings. The summed E-state index contributed by atoms with van der Waals surface area (Å²) in [6, 6.07) is 12.5. The van der Waals surface area contributed by atoms with E-state index in [1.54, 1.807) is 18.2 Å². The molecule has 0 heterocycles. The van der Waals surface area contributed by atoms with Gasteiger partial charge >= 0.3 is 0 Å². The standard InChI is InChI=1S/C17H15N3O4/c1-2-11-24-16-6-4-3-5-14(16)12-18-19-17(21)13-7-9-15(10-8-13)20(22)23/h2-10,12H,1,11H2,(H,19,21). The Labute approximate surface area is 138 Å². The minimum Gasteiger partial charge on any atom is -0.489 e. The molecule has 2 aromatic carbocycles. The number of nitro benzene ring substituents is 1. The van der Waals surface area contributed by atoms with Crippen LogP contribution in [0.5, 0.6) is 5.75 Å². The summed E-state index contributed by atoms with van der Waals surface area (Å²) in [5, 5.41) is 14.5. The van der Waals surface area contributed by atoms with Gasteiger partial charge in [0.1, 0.15) is 12.4 Å². The molecule has 0 saturated heterocycles. The van der Waals surface area contributed by atoms with Gasteiger partial charge in [0.25, 0.3) is 11.6 Å². The number of nitro groups is 1. The van der Waals surface area contributed by atoms with Gasteiger partial charge in [-0.15, -0.1) is 0 Å². The van der Waals surface area contributed by atoms with E-state index >= 15 is 0 Å². The predicted molar refractivity (Wildman–Crippen MR) is 90.3 cm³/mol. The highest BCUT2D eigenvalue weighted by Crippen LogP contribution is 2.15. The first-order valence-corrected chi connectivity index (χ1v) is 7.02. The molecule has 7 nitrogen and oxygen atoms in total.